The van der Waals surface area contributed by atoms with Crippen LogP contribution in [0.15, 0.2) is 4.90 Å². The number of carboxylic acids is 1. The van der Waals surface area contributed by atoms with Gasteiger partial charge in [0.25, 0.3) is 0 Å². The van der Waals surface area contributed by atoms with E-state index in [0.717, 1.165) is 29.4 Å². The Labute approximate surface area is 155 Å². The molecular weight excluding hydrogens is 328 g/mol. The number of hydrogen-bond donors (Lipinski definition) is 1. The molecule has 1 aliphatic heterocycles. The quantitative estimate of drug-likeness (QED) is 0.680. The summed E-state index contributed by atoms with van der Waals surface area (Å²) >= 11 is 1.95. The first-order valence-electron chi connectivity index (χ1n) is 9.86. The average molecular weight is 359 g/mol. The van der Waals surface area contributed by atoms with Gasteiger partial charge in [0.05, 0.1) is 5.56 Å². The van der Waals surface area contributed by atoms with E-state index in [9.17, 15) is 9.90 Å². The van der Waals surface area contributed by atoms with Crippen molar-refractivity contribution in [2.45, 2.75) is 76.5 Å². The van der Waals surface area contributed by atoms with E-state index in [-0.39, 0.29) is 5.41 Å². The minimum atomic E-state index is -0.731. The number of carboxylic acid groups (broad SMARTS) is 1. The molecule has 0 amide bonds. The van der Waals surface area contributed by atoms with E-state index in [0.29, 0.717) is 11.5 Å². The van der Waals surface area contributed by atoms with Crippen molar-refractivity contribution in [1.29, 1.82) is 0 Å². The van der Waals surface area contributed by atoms with Gasteiger partial charge in [0, 0.05) is 10.6 Å². The lowest BCUT2D eigenvalue weighted by molar-refractivity contribution is 0.0475. The number of benzene rings is 1. The number of rotatable bonds is 1. The summed E-state index contributed by atoms with van der Waals surface area (Å²) in [5, 5.41) is 10.1. The summed E-state index contributed by atoms with van der Waals surface area (Å²) in [7, 11) is 0. The molecule has 2 saturated carbocycles. The molecule has 3 heteroatoms. The molecular formula is C22H30O2S. The zero-order valence-electron chi connectivity index (χ0n) is 15.9. The Kier molecular flexibility index (Phi) is 4.22. The van der Waals surface area contributed by atoms with Crippen LogP contribution in [0.5, 0.6) is 0 Å². The lowest BCUT2D eigenvalue weighted by atomic mass is 9.53. The monoisotopic (exact) mass is 358 g/mol. The van der Waals surface area contributed by atoms with E-state index in [1.165, 1.54) is 53.9 Å². The molecule has 1 aromatic carbocycles. The molecule has 0 radical (unpaired) electrons. The maximum Gasteiger partial charge on any atom is 0.336 e. The average Bonchev–Trinajstić information content (AvgIpc) is 2.59. The van der Waals surface area contributed by atoms with Crippen LogP contribution in [0.2, 0.25) is 0 Å². The molecule has 1 N–H and O–H groups in total. The SMILES string of the molecule is Cc1c(C)c2c(c(C(=O)O)c1C)C1(C)CCC3CCCCC3C1CS2. The summed E-state index contributed by atoms with van der Waals surface area (Å²) in [4.78, 5) is 13.5. The van der Waals surface area contributed by atoms with Crippen LogP contribution >= 0.6 is 11.8 Å². The Bertz CT molecular complexity index is 738. The van der Waals surface area contributed by atoms with Crippen molar-refractivity contribution >= 4 is 17.7 Å². The molecule has 2 fully saturated rings. The smallest absolute Gasteiger partial charge is 0.336 e. The van der Waals surface area contributed by atoms with Gasteiger partial charge in [-0.25, -0.2) is 4.79 Å². The Balaban J connectivity index is 1.92. The summed E-state index contributed by atoms with van der Waals surface area (Å²) in [6, 6.07) is 0. The van der Waals surface area contributed by atoms with Crippen molar-refractivity contribution in [3.8, 4) is 0 Å². The van der Waals surface area contributed by atoms with Gasteiger partial charge in [-0.15, -0.1) is 11.8 Å². The molecule has 4 unspecified atom stereocenters. The second kappa shape index (κ2) is 6.04. The minimum absolute atomic E-state index is 0.0377. The molecule has 2 aliphatic carbocycles. The predicted octanol–water partition coefficient (Wildman–Crippen LogP) is 5.89. The third-order valence-electron chi connectivity index (χ3n) is 7.85. The van der Waals surface area contributed by atoms with Gasteiger partial charge in [-0.3, -0.25) is 0 Å². The van der Waals surface area contributed by atoms with Crippen molar-refractivity contribution in [3.05, 3.63) is 27.8 Å². The Morgan fingerprint density at radius 1 is 1.08 bits per heavy atom. The Morgan fingerprint density at radius 2 is 1.80 bits per heavy atom. The fraction of sp³-hybridized carbons (Fsp3) is 0.682. The van der Waals surface area contributed by atoms with Crippen molar-refractivity contribution in [2.75, 3.05) is 5.75 Å². The molecule has 2 nitrogen and oxygen atoms in total. The van der Waals surface area contributed by atoms with E-state index in [1.54, 1.807) is 0 Å². The first kappa shape index (κ1) is 17.5. The highest BCUT2D eigenvalue weighted by molar-refractivity contribution is 7.99. The number of aromatic carboxylic acids is 1. The summed E-state index contributed by atoms with van der Waals surface area (Å²) in [6.07, 6.45) is 7.95. The molecule has 25 heavy (non-hydrogen) atoms. The van der Waals surface area contributed by atoms with Gasteiger partial charge in [-0.1, -0.05) is 26.2 Å². The maximum absolute atomic E-state index is 12.2. The van der Waals surface area contributed by atoms with Crippen LogP contribution < -0.4 is 0 Å². The molecule has 0 bridgehead atoms. The van der Waals surface area contributed by atoms with Crippen LogP contribution in [0.4, 0.5) is 0 Å². The molecule has 0 spiro atoms. The summed E-state index contributed by atoms with van der Waals surface area (Å²) in [5.74, 6) is 2.77. The standard InChI is InChI=1S/C22H30O2S/c1-12-13(2)18(21(23)24)19-20(14(12)3)25-11-17-16-8-6-5-7-15(16)9-10-22(17,19)4/h15-17H,5-11H2,1-4H3,(H,23,24). The summed E-state index contributed by atoms with van der Waals surface area (Å²) < 4.78 is 0. The van der Waals surface area contributed by atoms with Gasteiger partial charge in [0.1, 0.15) is 0 Å². The first-order valence-corrected chi connectivity index (χ1v) is 10.8. The van der Waals surface area contributed by atoms with E-state index in [2.05, 4.69) is 20.8 Å². The highest BCUT2D eigenvalue weighted by Gasteiger charge is 2.52. The Morgan fingerprint density at radius 3 is 2.52 bits per heavy atom. The third kappa shape index (κ3) is 2.41. The fourth-order valence-electron chi connectivity index (χ4n) is 6.18. The zero-order valence-corrected chi connectivity index (χ0v) is 16.8. The predicted molar refractivity (Wildman–Crippen MR) is 104 cm³/mol. The van der Waals surface area contributed by atoms with Gasteiger partial charge >= 0.3 is 5.97 Å². The third-order valence-corrected chi connectivity index (χ3v) is 9.17. The highest BCUT2D eigenvalue weighted by Crippen LogP contribution is 2.60. The van der Waals surface area contributed by atoms with E-state index < -0.39 is 5.97 Å². The topological polar surface area (TPSA) is 37.3 Å². The van der Waals surface area contributed by atoms with Gasteiger partial charge in [0.15, 0.2) is 0 Å². The van der Waals surface area contributed by atoms with Gasteiger partial charge < -0.3 is 5.11 Å². The number of carbonyl (C=O) groups is 1. The van der Waals surface area contributed by atoms with Crippen molar-refractivity contribution in [2.24, 2.45) is 17.8 Å². The lowest BCUT2D eigenvalue weighted by Crippen LogP contribution is -2.49. The van der Waals surface area contributed by atoms with E-state index >= 15 is 0 Å². The summed E-state index contributed by atoms with van der Waals surface area (Å²) in [5.41, 5.74) is 5.30. The van der Waals surface area contributed by atoms with Gasteiger partial charge in [-0.2, -0.15) is 0 Å². The van der Waals surface area contributed by atoms with Gasteiger partial charge in [-0.05, 0) is 85.5 Å². The molecule has 4 rings (SSSR count). The van der Waals surface area contributed by atoms with Crippen LogP contribution in [-0.4, -0.2) is 16.8 Å². The largest absolute Gasteiger partial charge is 0.478 e. The number of fused-ring (bicyclic) bond motifs is 5. The van der Waals surface area contributed by atoms with E-state index in [1.807, 2.05) is 18.7 Å². The van der Waals surface area contributed by atoms with Crippen LogP contribution in [0.25, 0.3) is 0 Å². The summed E-state index contributed by atoms with van der Waals surface area (Å²) in [6.45, 7) is 8.68. The molecule has 0 saturated heterocycles. The second-order valence-corrected chi connectivity index (χ2v) is 9.87. The Hall–Kier alpha value is -0.960. The van der Waals surface area contributed by atoms with Crippen LogP contribution in [0.3, 0.4) is 0 Å². The zero-order chi connectivity index (χ0) is 17.9. The van der Waals surface area contributed by atoms with Crippen molar-refractivity contribution in [1.82, 2.24) is 0 Å². The normalized spacial score (nSPS) is 34.0. The maximum atomic E-state index is 12.2. The van der Waals surface area contributed by atoms with Crippen molar-refractivity contribution < 1.29 is 9.90 Å². The molecule has 1 heterocycles. The molecule has 3 aliphatic rings. The molecule has 136 valence electrons. The van der Waals surface area contributed by atoms with Crippen LogP contribution in [0.1, 0.15) is 78.1 Å². The van der Waals surface area contributed by atoms with E-state index in [4.69, 9.17) is 0 Å². The fourth-order valence-corrected chi connectivity index (χ4v) is 7.99. The van der Waals surface area contributed by atoms with Gasteiger partial charge in [0.2, 0.25) is 0 Å². The molecule has 4 atom stereocenters. The minimum Gasteiger partial charge on any atom is -0.478 e. The number of hydrogen-bond acceptors (Lipinski definition) is 2. The highest BCUT2D eigenvalue weighted by atomic mass is 32.2. The molecule has 0 aromatic heterocycles. The molecule has 1 aromatic rings. The first-order chi connectivity index (χ1) is 11.9. The second-order valence-electron chi connectivity index (χ2n) is 8.84. The van der Waals surface area contributed by atoms with Crippen molar-refractivity contribution in [3.63, 3.8) is 0 Å². The number of thioether (sulfide) groups is 1. The van der Waals surface area contributed by atoms with Crippen LogP contribution in [-0.2, 0) is 5.41 Å². The lowest BCUT2D eigenvalue weighted by Gasteiger charge is -2.55. The van der Waals surface area contributed by atoms with Crippen LogP contribution in [0, 0.1) is 38.5 Å².